The van der Waals surface area contributed by atoms with E-state index in [1.807, 2.05) is 0 Å². The van der Waals surface area contributed by atoms with E-state index in [2.05, 4.69) is 15.4 Å². The van der Waals surface area contributed by atoms with Crippen molar-refractivity contribution in [1.82, 2.24) is 15.4 Å². The van der Waals surface area contributed by atoms with Gasteiger partial charge >= 0.3 is 0 Å². The number of nitrogens with one attached hydrogen (secondary N) is 1. The summed E-state index contributed by atoms with van der Waals surface area (Å²) in [7, 11) is 1.25. The van der Waals surface area contributed by atoms with Crippen molar-refractivity contribution in [3.05, 3.63) is 27.6 Å². The van der Waals surface area contributed by atoms with Gasteiger partial charge in [0.05, 0.1) is 22.7 Å². The number of primary amides is 1. The summed E-state index contributed by atoms with van der Waals surface area (Å²) in [5.41, 5.74) is 4.61. The van der Waals surface area contributed by atoms with Crippen molar-refractivity contribution < 1.29 is 13.9 Å². The Morgan fingerprint density at radius 2 is 2.11 bits per heavy atom. The van der Waals surface area contributed by atoms with E-state index in [1.165, 1.54) is 13.2 Å². The van der Waals surface area contributed by atoms with Crippen LogP contribution in [0.3, 0.4) is 0 Å². The lowest BCUT2D eigenvalue weighted by Gasteiger charge is -2.10. The lowest BCUT2D eigenvalue weighted by molar-refractivity contribution is 0.0996. The third-order valence-corrected chi connectivity index (χ3v) is 2.93. The van der Waals surface area contributed by atoms with Crippen LogP contribution < -0.4 is 10.5 Å². The van der Waals surface area contributed by atoms with Crippen LogP contribution in [-0.2, 0) is 0 Å². The Bertz CT molecular complexity index is 659. The van der Waals surface area contributed by atoms with Crippen molar-refractivity contribution in [2.24, 2.45) is 5.73 Å². The molecule has 0 aliphatic heterocycles. The van der Waals surface area contributed by atoms with Gasteiger partial charge in [-0.15, -0.1) is 0 Å². The summed E-state index contributed by atoms with van der Waals surface area (Å²) in [6, 6.07) is 1.28. The van der Waals surface area contributed by atoms with E-state index in [0.29, 0.717) is 0 Å². The van der Waals surface area contributed by atoms with Crippen LogP contribution in [0.2, 0.25) is 10.0 Å². The molecule has 100 valence electrons. The second kappa shape index (κ2) is 5.02. The predicted molar refractivity (Wildman–Crippen MR) is 66.9 cm³/mol. The predicted octanol–water partition coefficient (Wildman–Crippen LogP) is 2.03. The first-order chi connectivity index (χ1) is 8.97. The summed E-state index contributed by atoms with van der Waals surface area (Å²) >= 11 is 11.7. The number of H-pyrrole nitrogens is 1. The summed E-state index contributed by atoms with van der Waals surface area (Å²) in [4.78, 5) is 11.2. The minimum Gasteiger partial charge on any atom is -0.492 e. The van der Waals surface area contributed by atoms with Crippen molar-refractivity contribution in [2.75, 3.05) is 7.11 Å². The molecule has 6 nitrogen and oxygen atoms in total. The molecule has 0 aliphatic rings. The molecule has 1 amide bonds. The quantitative estimate of drug-likeness (QED) is 0.907. The van der Waals surface area contributed by atoms with Crippen LogP contribution in [0, 0.1) is 5.82 Å². The number of ether oxygens (including phenoxy) is 1. The van der Waals surface area contributed by atoms with Crippen LogP contribution in [0.4, 0.5) is 4.39 Å². The van der Waals surface area contributed by atoms with Crippen molar-refractivity contribution in [3.63, 3.8) is 0 Å². The standard InChI is InChI=1S/C10H7Cl2FN4O2/c1-19-9-4(12)2-3(11)5(6(9)13)7-8(10(14)18)16-17-15-7/h2H,1H3,(H2,14,18)(H,15,16,17). The van der Waals surface area contributed by atoms with Gasteiger partial charge in [0.2, 0.25) is 0 Å². The van der Waals surface area contributed by atoms with E-state index in [4.69, 9.17) is 33.7 Å². The number of hydrogen-bond donors (Lipinski definition) is 2. The van der Waals surface area contributed by atoms with Gasteiger partial charge in [0, 0.05) is 0 Å². The minimum atomic E-state index is -0.867. The molecule has 1 aromatic heterocycles. The third-order valence-electron chi connectivity index (χ3n) is 2.35. The molecule has 3 N–H and O–H groups in total. The molecule has 0 saturated carbocycles. The number of nitrogens with zero attached hydrogens (tertiary/aromatic N) is 2. The number of carbonyl (C=O) groups is 1. The van der Waals surface area contributed by atoms with Gasteiger partial charge in [-0.25, -0.2) is 4.39 Å². The van der Waals surface area contributed by atoms with Crippen LogP contribution in [0.1, 0.15) is 10.5 Å². The minimum absolute atomic E-state index is 0.00197. The number of hydrogen-bond acceptors (Lipinski definition) is 4. The molecule has 9 heteroatoms. The van der Waals surface area contributed by atoms with Crippen LogP contribution in [-0.4, -0.2) is 28.4 Å². The topological polar surface area (TPSA) is 93.9 Å². The zero-order chi connectivity index (χ0) is 14.2. The Morgan fingerprint density at radius 3 is 2.68 bits per heavy atom. The Balaban J connectivity index is 2.75. The fraction of sp³-hybridized carbons (Fsp3) is 0.100. The Morgan fingerprint density at radius 1 is 1.42 bits per heavy atom. The van der Waals surface area contributed by atoms with Gasteiger partial charge in [-0.3, -0.25) is 4.79 Å². The van der Waals surface area contributed by atoms with Crippen molar-refractivity contribution in [1.29, 1.82) is 0 Å². The van der Waals surface area contributed by atoms with Gasteiger partial charge < -0.3 is 10.5 Å². The molecule has 0 aliphatic carbocycles. The highest BCUT2D eigenvalue weighted by atomic mass is 35.5. The first kappa shape index (κ1) is 13.6. The largest absolute Gasteiger partial charge is 0.492 e. The van der Waals surface area contributed by atoms with Gasteiger partial charge in [-0.1, -0.05) is 23.2 Å². The van der Waals surface area contributed by atoms with Gasteiger partial charge in [0.25, 0.3) is 5.91 Å². The van der Waals surface area contributed by atoms with Gasteiger partial charge in [0.15, 0.2) is 17.3 Å². The normalized spacial score (nSPS) is 10.5. The van der Waals surface area contributed by atoms with Gasteiger partial charge in [-0.05, 0) is 6.07 Å². The highest BCUT2D eigenvalue weighted by Crippen LogP contribution is 2.40. The number of benzene rings is 1. The molecular weight excluding hydrogens is 298 g/mol. The molecule has 1 heterocycles. The van der Waals surface area contributed by atoms with E-state index >= 15 is 0 Å². The van der Waals surface area contributed by atoms with E-state index in [-0.39, 0.29) is 32.7 Å². The number of aromatic nitrogens is 3. The van der Waals surface area contributed by atoms with Crippen LogP contribution >= 0.6 is 23.2 Å². The van der Waals surface area contributed by atoms with E-state index in [1.54, 1.807) is 0 Å². The number of methoxy groups -OCH3 is 1. The number of halogens is 3. The molecule has 2 rings (SSSR count). The van der Waals surface area contributed by atoms with Gasteiger partial charge in [0.1, 0.15) is 5.69 Å². The van der Waals surface area contributed by atoms with Gasteiger partial charge in [-0.2, -0.15) is 15.4 Å². The van der Waals surface area contributed by atoms with Crippen LogP contribution in [0.5, 0.6) is 5.75 Å². The highest BCUT2D eigenvalue weighted by Gasteiger charge is 2.25. The zero-order valence-corrected chi connectivity index (χ0v) is 11.0. The van der Waals surface area contributed by atoms with Crippen molar-refractivity contribution in [2.45, 2.75) is 0 Å². The molecule has 0 fully saturated rings. The second-order valence-corrected chi connectivity index (χ2v) is 4.26. The third kappa shape index (κ3) is 2.22. The van der Waals surface area contributed by atoms with Crippen molar-refractivity contribution in [3.8, 4) is 17.0 Å². The maximum Gasteiger partial charge on any atom is 0.271 e. The number of carbonyl (C=O) groups excluding carboxylic acids is 1. The average Bonchev–Trinajstić information content (AvgIpc) is 2.78. The van der Waals surface area contributed by atoms with Crippen molar-refractivity contribution >= 4 is 29.1 Å². The number of nitrogens with two attached hydrogens (primary N) is 1. The Kier molecular flexibility index (Phi) is 3.59. The summed E-state index contributed by atoms with van der Waals surface area (Å²) in [5.74, 6) is -1.93. The second-order valence-electron chi connectivity index (χ2n) is 3.45. The Hall–Kier alpha value is -1.86. The van der Waals surface area contributed by atoms with E-state index in [9.17, 15) is 9.18 Å². The molecule has 0 saturated heterocycles. The molecule has 0 atom stereocenters. The maximum atomic E-state index is 14.3. The van der Waals surface area contributed by atoms with Crippen LogP contribution in [0.25, 0.3) is 11.3 Å². The fourth-order valence-electron chi connectivity index (χ4n) is 1.55. The number of aromatic amines is 1. The summed E-state index contributed by atoms with van der Waals surface area (Å²) < 4.78 is 19.1. The molecule has 0 bridgehead atoms. The SMILES string of the molecule is COc1c(Cl)cc(Cl)c(-c2n[nH]nc2C(N)=O)c1F. The summed E-state index contributed by atoms with van der Waals surface area (Å²) in [6.45, 7) is 0. The number of rotatable bonds is 3. The monoisotopic (exact) mass is 304 g/mol. The molecule has 19 heavy (non-hydrogen) atoms. The highest BCUT2D eigenvalue weighted by molar-refractivity contribution is 6.37. The molecule has 0 spiro atoms. The zero-order valence-electron chi connectivity index (χ0n) is 9.50. The maximum absolute atomic E-state index is 14.3. The first-order valence-corrected chi connectivity index (χ1v) is 5.65. The molecule has 2 aromatic rings. The Labute approximate surface area is 116 Å². The molecule has 1 aromatic carbocycles. The fourth-order valence-corrected chi connectivity index (χ4v) is 2.16. The lowest BCUT2D eigenvalue weighted by atomic mass is 10.1. The first-order valence-electron chi connectivity index (χ1n) is 4.89. The number of amides is 1. The van der Waals surface area contributed by atoms with E-state index in [0.717, 1.165) is 0 Å². The average molecular weight is 305 g/mol. The molecule has 0 radical (unpaired) electrons. The lowest BCUT2D eigenvalue weighted by Crippen LogP contribution is -2.13. The molecule has 0 unspecified atom stereocenters. The van der Waals surface area contributed by atoms with E-state index < -0.39 is 11.7 Å². The smallest absolute Gasteiger partial charge is 0.271 e. The van der Waals surface area contributed by atoms with Crippen LogP contribution in [0.15, 0.2) is 6.07 Å². The molecular formula is C10H7Cl2FN4O2. The summed E-state index contributed by atoms with van der Waals surface area (Å²) in [6.07, 6.45) is 0. The summed E-state index contributed by atoms with van der Waals surface area (Å²) in [5, 5.41) is 9.36.